The van der Waals surface area contributed by atoms with Crippen LogP contribution in [0.3, 0.4) is 0 Å². The minimum absolute atomic E-state index is 0.227. The van der Waals surface area contributed by atoms with Crippen molar-refractivity contribution in [2.45, 2.75) is 39.3 Å². The summed E-state index contributed by atoms with van der Waals surface area (Å²) in [5.41, 5.74) is 2.95. The van der Waals surface area contributed by atoms with E-state index in [0.717, 1.165) is 17.7 Å². The summed E-state index contributed by atoms with van der Waals surface area (Å²) in [7, 11) is 0. The molecule has 0 fully saturated rings. The number of carbonyl (C=O) groups excluding carboxylic acids is 1. The van der Waals surface area contributed by atoms with Gasteiger partial charge in [0.05, 0.1) is 17.8 Å². The highest BCUT2D eigenvalue weighted by atomic mass is 35.5. The van der Waals surface area contributed by atoms with Crippen LogP contribution in [0.15, 0.2) is 77.5 Å². The molecular weight excluding hydrogens is 438 g/mol. The number of benzene rings is 2. The van der Waals surface area contributed by atoms with Gasteiger partial charge in [0.25, 0.3) is 5.91 Å². The molecule has 7 heteroatoms. The van der Waals surface area contributed by atoms with Crippen molar-refractivity contribution in [3.05, 3.63) is 101 Å². The number of hydrogen-bond donors (Lipinski definition) is 1. The van der Waals surface area contributed by atoms with E-state index < -0.39 is 0 Å². The lowest BCUT2D eigenvalue weighted by Gasteiger charge is -2.10. The first-order valence-electron chi connectivity index (χ1n) is 10.9. The first-order valence-corrected chi connectivity index (χ1v) is 11.3. The fraction of sp³-hybridized carbons (Fsp3) is 0.231. The Balaban J connectivity index is 1.33. The number of nitrogens with zero attached hydrogens (tertiary/aromatic N) is 2. The monoisotopic (exact) mass is 463 g/mol. The Morgan fingerprint density at radius 1 is 1.18 bits per heavy atom. The average molecular weight is 464 g/mol. The molecule has 0 saturated carbocycles. The largest absolute Gasteiger partial charge is 0.486 e. The Hall–Kier alpha value is -3.51. The number of hydrogen-bond acceptors (Lipinski definition) is 4. The molecule has 2 heterocycles. The SMILES string of the molecule is CCC(C)c1ccc(OCc2ccc(C(=O)Nc3cccc(Cn4cc(Cl)cn4)c3)o2)cc1. The van der Waals surface area contributed by atoms with Crippen molar-refractivity contribution in [1.82, 2.24) is 9.78 Å². The molecule has 1 amide bonds. The van der Waals surface area contributed by atoms with E-state index in [0.29, 0.717) is 28.9 Å². The number of rotatable bonds is 9. The maximum atomic E-state index is 12.6. The molecule has 1 unspecified atom stereocenters. The van der Waals surface area contributed by atoms with E-state index in [1.807, 2.05) is 36.4 Å². The van der Waals surface area contributed by atoms with E-state index in [-0.39, 0.29) is 18.3 Å². The fourth-order valence-electron chi connectivity index (χ4n) is 3.41. The van der Waals surface area contributed by atoms with Gasteiger partial charge in [0.15, 0.2) is 5.76 Å². The van der Waals surface area contributed by atoms with E-state index in [1.165, 1.54) is 5.56 Å². The van der Waals surface area contributed by atoms with Crippen LogP contribution in [0.4, 0.5) is 5.69 Å². The summed E-state index contributed by atoms with van der Waals surface area (Å²) < 4.78 is 13.2. The highest BCUT2D eigenvalue weighted by molar-refractivity contribution is 6.30. The van der Waals surface area contributed by atoms with Crippen LogP contribution in [0.5, 0.6) is 5.75 Å². The van der Waals surface area contributed by atoms with Gasteiger partial charge in [0, 0.05) is 11.9 Å². The number of halogens is 1. The van der Waals surface area contributed by atoms with E-state index in [4.69, 9.17) is 20.8 Å². The van der Waals surface area contributed by atoms with Crippen molar-refractivity contribution in [2.75, 3.05) is 5.32 Å². The second kappa shape index (κ2) is 10.4. The van der Waals surface area contributed by atoms with Crippen LogP contribution in [0.1, 0.15) is 53.6 Å². The van der Waals surface area contributed by atoms with Crippen LogP contribution < -0.4 is 10.1 Å². The lowest BCUT2D eigenvalue weighted by molar-refractivity contribution is 0.0992. The molecule has 0 saturated heterocycles. The molecule has 33 heavy (non-hydrogen) atoms. The number of amides is 1. The molecule has 0 aliphatic carbocycles. The predicted molar refractivity (Wildman–Crippen MR) is 129 cm³/mol. The molecule has 1 atom stereocenters. The van der Waals surface area contributed by atoms with Crippen LogP contribution >= 0.6 is 11.6 Å². The van der Waals surface area contributed by atoms with E-state index >= 15 is 0 Å². The zero-order valence-corrected chi connectivity index (χ0v) is 19.4. The van der Waals surface area contributed by atoms with Gasteiger partial charge in [-0.2, -0.15) is 5.10 Å². The first-order chi connectivity index (χ1) is 16.0. The van der Waals surface area contributed by atoms with Gasteiger partial charge in [-0.15, -0.1) is 0 Å². The van der Waals surface area contributed by atoms with Crippen LogP contribution in [0.25, 0.3) is 0 Å². The second-order valence-corrected chi connectivity index (χ2v) is 8.38. The summed E-state index contributed by atoms with van der Waals surface area (Å²) in [6.45, 7) is 5.18. The molecule has 170 valence electrons. The smallest absolute Gasteiger partial charge is 0.291 e. The fourth-order valence-corrected chi connectivity index (χ4v) is 3.57. The predicted octanol–water partition coefficient (Wildman–Crippen LogP) is 6.52. The van der Waals surface area contributed by atoms with Gasteiger partial charge in [-0.25, -0.2) is 0 Å². The lowest BCUT2D eigenvalue weighted by atomic mass is 9.99. The molecule has 0 bridgehead atoms. The third-order valence-electron chi connectivity index (χ3n) is 5.46. The van der Waals surface area contributed by atoms with Gasteiger partial charge in [0.1, 0.15) is 18.1 Å². The van der Waals surface area contributed by atoms with Gasteiger partial charge in [-0.1, -0.05) is 49.7 Å². The average Bonchev–Trinajstić information content (AvgIpc) is 3.47. The molecule has 2 aromatic carbocycles. The van der Waals surface area contributed by atoms with Crippen molar-refractivity contribution < 1.29 is 13.9 Å². The van der Waals surface area contributed by atoms with Gasteiger partial charge < -0.3 is 14.5 Å². The third kappa shape index (κ3) is 6.05. The zero-order chi connectivity index (χ0) is 23.2. The Kier molecular flexibility index (Phi) is 7.15. The minimum Gasteiger partial charge on any atom is -0.486 e. The zero-order valence-electron chi connectivity index (χ0n) is 18.6. The number of carbonyl (C=O) groups is 1. The minimum atomic E-state index is -0.321. The highest BCUT2D eigenvalue weighted by Crippen LogP contribution is 2.22. The van der Waals surface area contributed by atoms with Crippen molar-refractivity contribution in [1.29, 1.82) is 0 Å². The van der Waals surface area contributed by atoms with Crippen molar-refractivity contribution in [2.24, 2.45) is 0 Å². The molecule has 6 nitrogen and oxygen atoms in total. The van der Waals surface area contributed by atoms with Crippen LogP contribution in [0.2, 0.25) is 5.02 Å². The normalized spacial score (nSPS) is 11.8. The lowest BCUT2D eigenvalue weighted by Crippen LogP contribution is -2.11. The van der Waals surface area contributed by atoms with Gasteiger partial charge >= 0.3 is 0 Å². The molecular formula is C26H26ClN3O3. The van der Waals surface area contributed by atoms with Crippen molar-refractivity contribution in [3.63, 3.8) is 0 Å². The van der Waals surface area contributed by atoms with Gasteiger partial charge in [-0.05, 0) is 59.9 Å². The van der Waals surface area contributed by atoms with Crippen LogP contribution in [-0.2, 0) is 13.2 Å². The Morgan fingerprint density at radius 2 is 2.00 bits per heavy atom. The first kappa shape index (κ1) is 22.7. The van der Waals surface area contributed by atoms with Gasteiger partial charge in [0.2, 0.25) is 0 Å². The maximum absolute atomic E-state index is 12.6. The van der Waals surface area contributed by atoms with Crippen molar-refractivity contribution in [3.8, 4) is 5.75 Å². The van der Waals surface area contributed by atoms with Gasteiger partial charge in [-0.3, -0.25) is 9.48 Å². The van der Waals surface area contributed by atoms with E-state index in [2.05, 4.69) is 36.4 Å². The van der Waals surface area contributed by atoms with E-state index in [9.17, 15) is 4.79 Å². The standard InChI is InChI=1S/C26H26ClN3O3/c1-3-18(2)20-7-9-23(10-8-20)32-17-24-11-12-25(33-24)26(31)29-22-6-4-5-19(13-22)15-30-16-21(27)14-28-30/h4-14,16,18H,3,15,17H2,1-2H3,(H,29,31). The van der Waals surface area contributed by atoms with Crippen LogP contribution in [0, 0.1) is 0 Å². The van der Waals surface area contributed by atoms with E-state index in [1.54, 1.807) is 29.2 Å². The number of aromatic nitrogens is 2. The summed E-state index contributed by atoms with van der Waals surface area (Å²) in [6, 6.07) is 19.0. The summed E-state index contributed by atoms with van der Waals surface area (Å²) in [5, 5.41) is 7.63. The Labute approximate surface area is 198 Å². The molecule has 0 spiro atoms. The summed E-state index contributed by atoms with van der Waals surface area (Å²) in [5.74, 6) is 1.77. The molecule has 2 aromatic heterocycles. The molecule has 1 N–H and O–H groups in total. The molecule has 4 aromatic rings. The summed E-state index contributed by atoms with van der Waals surface area (Å²) in [6.07, 6.45) is 4.44. The quantitative estimate of drug-likeness (QED) is 0.306. The van der Waals surface area contributed by atoms with Crippen molar-refractivity contribution >= 4 is 23.2 Å². The number of furan rings is 1. The third-order valence-corrected chi connectivity index (χ3v) is 5.65. The molecule has 0 aliphatic heterocycles. The number of nitrogens with one attached hydrogen (secondary N) is 1. The number of anilines is 1. The molecule has 0 radical (unpaired) electrons. The highest BCUT2D eigenvalue weighted by Gasteiger charge is 2.13. The Morgan fingerprint density at radius 3 is 2.73 bits per heavy atom. The summed E-state index contributed by atoms with van der Waals surface area (Å²) in [4.78, 5) is 12.6. The second-order valence-electron chi connectivity index (χ2n) is 7.94. The maximum Gasteiger partial charge on any atom is 0.291 e. The summed E-state index contributed by atoms with van der Waals surface area (Å²) >= 11 is 5.92. The molecule has 4 rings (SSSR count). The number of ether oxygens (including phenoxy) is 1. The van der Waals surface area contributed by atoms with Crippen LogP contribution in [-0.4, -0.2) is 15.7 Å². The molecule has 0 aliphatic rings. The Bertz CT molecular complexity index is 1210. The topological polar surface area (TPSA) is 69.3 Å².